The first-order valence-electron chi connectivity index (χ1n) is 5.51. The standard InChI is InChI=1S/C7H11N3O4.B6/c1-13-6(11)4-3-5(9-10-8)7(12)14-2;1-5(2)6(3)4/h5H,3-4H2,1-2H3;/t5-;/m1./s1. The van der Waals surface area contributed by atoms with Gasteiger partial charge in [0.15, 0.2) is 0 Å². The van der Waals surface area contributed by atoms with Crippen molar-refractivity contribution in [3.8, 4) is 0 Å². The lowest BCUT2D eigenvalue weighted by Crippen LogP contribution is -2.38. The van der Waals surface area contributed by atoms with Gasteiger partial charge in [0.1, 0.15) is 6.04 Å². The number of carbonyl (C=O) groups is 2. The number of rotatable bonds is 6. The smallest absolute Gasteiger partial charge is 0.314 e. The van der Waals surface area contributed by atoms with E-state index in [9.17, 15) is 9.59 Å². The van der Waals surface area contributed by atoms with Crippen LogP contribution in [-0.4, -0.2) is 75.9 Å². The van der Waals surface area contributed by atoms with E-state index in [-0.39, 0.29) is 12.8 Å². The third kappa shape index (κ3) is 11.7. The first-order valence-corrected chi connectivity index (χ1v) is 5.51. The Kier molecular flexibility index (Phi) is 13.3. The fourth-order valence-corrected chi connectivity index (χ4v) is 0.778. The number of hydrogen-bond acceptors (Lipinski definition) is 5. The molecule has 20 heavy (non-hydrogen) atoms. The fraction of sp³-hybridized carbons (Fsp3) is 0.714. The van der Waals surface area contributed by atoms with Crippen molar-refractivity contribution < 1.29 is 19.1 Å². The molecule has 0 aromatic carbocycles. The second-order valence-corrected chi connectivity index (χ2v) is 3.51. The maximum absolute atomic E-state index is 11.0. The van der Waals surface area contributed by atoms with Gasteiger partial charge in [-0.1, -0.05) is 5.11 Å². The van der Waals surface area contributed by atoms with Crippen molar-refractivity contribution in [2.24, 2.45) is 5.11 Å². The van der Waals surface area contributed by atoms with Crippen LogP contribution >= 0.6 is 0 Å². The molecule has 0 heterocycles. The molecular formula is C7H11B6N3O4. The summed E-state index contributed by atoms with van der Waals surface area (Å²) in [6.45, 7) is 0. The Morgan fingerprint density at radius 1 is 1.20 bits per heavy atom. The lowest BCUT2D eigenvalue weighted by atomic mass is 8.81. The van der Waals surface area contributed by atoms with Crippen LogP contribution in [0.1, 0.15) is 12.8 Å². The summed E-state index contributed by atoms with van der Waals surface area (Å²) in [5, 5.41) is 3.20. The number of carbonyl (C=O) groups excluding carboxylic acids is 2. The molecule has 0 saturated carbocycles. The van der Waals surface area contributed by atoms with Crippen molar-refractivity contribution in [2.45, 2.75) is 18.9 Å². The van der Waals surface area contributed by atoms with Crippen LogP contribution in [0.3, 0.4) is 0 Å². The number of nitrogens with zero attached hydrogens (tertiary/aromatic N) is 3. The average Bonchev–Trinajstić information content (AvgIpc) is 2.42. The normalized spacial score (nSPS) is 9.90. The van der Waals surface area contributed by atoms with Crippen LogP contribution < -0.4 is 0 Å². The molecule has 7 nitrogen and oxygen atoms in total. The third-order valence-corrected chi connectivity index (χ3v) is 1.96. The molecule has 8 radical (unpaired) electrons. The van der Waals surface area contributed by atoms with Gasteiger partial charge in [-0.2, -0.15) is 0 Å². The zero-order valence-corrected chi connectivity index (χ0v) is 11.4. The Balaban J connectivity index is 0. The van der Waals surface area contributed by atoms with Crippen LogP contribution in [0.5, 0.6) is 0 Å². The SMILES string of the molecule is COC(=O)CC[C@@H](N=[N+]=[N-])C(=O)OC.[B]B([B])B([B])[B]. The zero-order valence-electron chi connectivity index (χ0n) is 11.4. The lowest BCUT2D eigenvalue weighted by Gasteiger charge is -2.06. The Morgan fingerprint density at radius 3 is 2.00 bits per heavy atom. The summed E-state index contributed by atoms with van der Waals surface area (Å²) < 4.78 is 8.74. The van der Waals surface area contributed by atoms with Crippen LogP contribution in [0.2, 0.25) is 0 Å². The largest absolute Gasteiger partial charge is 0.469 e. The van der Waals surface area contributed by atoms with E-state index in [1.165, 1.54) is 14.2 Å². The van der Waals surface area contributed by atoms with E-state index < -0.39 is 30.8 Å². The maximum Gasteiger partial charge on any atom is 0.314 e. The average molecular weight is 266 g/mol. The Labute approximate surface area is 124 Å². The zero-order chi connectivity index (χ0) is 16.1. The Bertz CT molecular complexity index is 343. The highest BCUT2D eigenvalue weighted by Crippen LogP contribution is 2.05. The predicted octanol–water partition coefficient (Wildman–Crippen LogP) is -1.49. The highest BCUT2D eigenvalue weighted by molar-refractivity contribution is 7.76. The molecule has 0 fully saturated rings. The second kappa shape index (κ2) is 12.7. The van der Waals surface area contributed by atoms with E-state index in [0.29, 0.717) is 0 Å². The Hall–Kier alpha value is -1.36. The maximum atomic E-state index is 11.0. The van der Waals surface area contributed by atoms with E-state index in [2.05, 4.69) is 19.5 Å². The first-order chi connectivity index (χ1) is 9.29. The van der Waals surface area contributed by atoms with E-state index in [4.69, 9.17) is 36.5 Å². The molecule has 0 saturated heterocycles. The number of ether oxygens (including phenoxy) is 2. The number of methoxy groups -OCH3 is 2. The van der Waals surface area contributed by atoms with Gasteiger partial charge in [-0.3, -0.25) is 9.59 Å². The molecule has 0 unspecified atom stereocenters. The summed E-state index contributed by atoms with van der Waals surface area (Å²) >= 11 is 0. The van der Waals surface area contributed by atoms with E-state index in [1.807, 2.05) is 0 Å². The molecule has 0 rings (SSSR count). The molecule has 0 aliphatic carbocycles. The topological polar surface area (TPSA) is 101 Å². The van der Waals surface area contributed by atoms with Crippen molar-refractivity contribution in [1.29, 1.82) is 0 Å². The number of azide groups is 1. The molecule has 0 N–H and O–H groups in total. The first kappa shape index (κ1) is 20.9. The molecule has 0 aliphatic rings. The third-order valence-electron chi connectivity index (χ3n) is 1.96. The van der Waals surface area contributed by atoms with E-state index in [0.717, 1.165) is 0 Å². The minimum Gasteiger partial charge on any atom is -0.469 e. The van der Waals surface area contributed by atoms with Gasteiger partial charge < -0.3 is 9.47 Å². The second-order valence-electron chi connectivity index (χ2n) is 3.51. The van der Waals surface area contributed by atoms with Gasteiger partial charge in [-0.05, 0) is 12.0 Å². The van der Waals surface area contributed by atoms with Gasteiger partial charge in [-0.15, -0.1) is 0 Å². The van der Waals surface area contributed by atoms with E-state index >= 15 is 0 Å². The molecule has 0 bridgehead atoms. The molecule has 1 atom stereocenters. The van der Waals surface area contributed by atoms with Crippen molar-refractivity contribution in [2.75, 3.05) is 14.2 Å². The van der Waals surface area contributed by atoms with E-state index in [1.54, 1.807) is 0 Å². The summed E-state index contributed by atoms with van der Waals surface area (Å²) in [6, 6.07) is -0.968. The summed E-state index contributed by atoms with van der Waals surface area (Å²) in [4.78, 5) is 24.2. The molecule has 13 heteroatoms. The summed E-state index contributed by atoms with van der Waals surface area (Å²) in [6.07, 6.45) is -1.09. The minimum absolute atomic E-state index is 0.00921. The van der Waals surface area contributed by atoms with Gasteiger partial charge in [0.05, 0.1) is 14.2 Å². The van der Waals surface area contributed by atoms with Crippen LogP contribution in [0.25, 0.3) is 10.4 Å². The minimum atomic E-state index is -0.968. The van der Waals surface area contributed by atoms with Gasteiger partial charge >= 0.3 is 11.9 Å². The summed E-state index contributed by atoms with van der Waals surface area (Å²) in [5.74, 6) is -1.13. The highest BCUT2D eigenvalue weighted by Gasteiger charge is 2.18. The van der Waals surface area contributed by atoms with Crippen molar-refractivity contribution in [1.82, 2.24) is 0 Å². The molecule has 0 aromatic rings. The quantitative estimate of drug-likeness (QED) is 0.192. The fourth-order valence-electron chi connectivity index (χ4n) is 0.778. The number of hydrogen-bond donors (Lipinski definition) is 0. The molecule has 0 spiro atoms. The van der Waals surface area contributed by atoms with Crippen molar-refractivity contribution >= 4 is 55.7 Å². The van der Waals surface area contributed by atoms with Crippen molar-refractivity contribution in [3.05, 3.63) is 10.4 Å². The van der Waals surface area contributed by atoms with Gasteiger partial charge in [0.2, 0.25) is 0 Å². The van der Waals surface area contributed by atoms with Crippen LogP contribution in [0.15, 0.2) is 5.11 Å². The van der Waals surface area contributed by atoms with Gasteiger partial charge in [0, 0.05) is 55.1 Å². The molecular weight excluding hydrogens is 255 g/mol. The van der Waals surface area contributed by atoms with Crippen LogP contribution in [0, 0.1) is 0 Å². The lowest BCUT2D eigenvalue weighted by molar-refractivity contribution is -0.143. The van der Waals surface area contributed by atoms with Crippen LogP contribution in [-0.2, 0) is 19.1 Å². The number of esters is 2. The van der Waals surface area contributed by atoms with Gasteiger partial charge in [-0.25, -0.2) is 0 Å². The molecule has 0 amide bonds. The summed E-state index contributed by atoms with van der Waals surface area (Å²) in [7, 11) is 22.3. The predicted molar refractivity (Wildman–Crippen MR) is 80.7 cm³/mol. The van der Waals surface area contributed by atoms with Crippen LogP contribution in [0.4, 0.5) is 0 Å². The highest BCUT2D eigenvalue weighted by atomic mass is 16.5. The van der Waals surface area contributed by atoms with Gasteiger partial charge in [0.25, 0.3) is 0 Å². The van der Waals surface area contributed by atoms with Crippen molar-refractivity contribution in [3.63, 3.8) is 0 Å². The molecule has 96 valence electrons. The molecule has 0 aromatic heterocycles. The monoisotopic (exact) mass is 267 g/mol. The Morgan fingerprint density at radius 2 is 1.70 bits per heavy atom. The summed E-state index contributed by atoms with van der Waals surface area (Å²) in [5.41, 5.74) is 8.14. The molecule has 0 aliphatic heterocycles.